The van der Waals surface area contributed by atoms with Gasteiger partial charge in [-0.1, -0.05) is 0 Å². The van der Waals surface area contributed by atoms with Crippen LogP contribution in [0.4, 0.5) is 0 Å². The molecule has 1 atom stereocenters. The van der Waals surface area contributed by atoms with Crippen LogP contribution in [0, 0.1) is 0 Å². The largest absolute Gasteiger partial charge is 0.330 e. The van der Waals surface area contributed by atoms with Crippen molar-refractivity contribution < 1.29 is 4.48 Å². The molecule has 0 saturated carbocycles. The number of nitrogens with zero attached hydrogens (tertiary/aromatic N) is 2. The summed E-state index contributed by atoms with van der Waals surface area (Å²) >= 11 is 0. The summed E-state index contributed by atoms with van der Waals surface area (Å²) in [7, 11) is 6.82. The summed E-state index contributed by atoms with van der Waals surface area (Å²) in [5.41, 5.74) is 5.60. The Labute approximate surface area is 75.7 Å². The maximum Gasteiger partial charge on any atom is 0.103 e. The van der Waals surface area contributed by atoms with Gasteiger partial charge in [0.15, 0.2) is 0 Å². The first-order chi connectivity index (χ1) is 5.56. The van der Waals surface area contributed by atoms with Crippen molar-refractivity contribution in [3.8, 4) is 0 Å². The van der Waals surface area contributed by atoms with Crippen LogP contribution in [0.15, 0.2) is 0 Å². The molecule has 1 aliphatic heterocycles. The predicted molar refractivity (Wildman–Crippen MR) is 51.9 cm³/mol. The van der Waals surface area contributed by atoms with Gasteiger partial charge in [-0.05, 0) is 13.6 Å². The quantitative estimate of drug-likeness (QED) is 0.581. The van der Waals surface area contributed by atoms with Gasteiger partial charge in [0.2, 0.25) is 0 Å². The summed E-state index contributed by atoms with van der Waals surface area (Å²) in [5, 5.41) is 0. The second kappa shape index (κ2) is 3.73. The SMILES string of the molecule is CN1CC[N+](C)(C)C(CCN)C1. The zero-order valence-electron chi connectivity index (χ0n) is 8.58. The fraction of sp³-hybridized carbons (Fsp3) is 1.00. The van der Waals surface area contributed by atoms with E-state index in [0.29, 0.717) is 0 Å². The Morgan fingerprint density at radius 1 is 1.50 bits per heavy atom. The Bertz CT molecular complexity index is 145. The van der Waals surface area contributed by atoms with Crippen molar-refractivity contribution in [2.24, 2.45) is 5.73 Å². The van der Waals surface area contributed by atoms with Crippen molar-refractivity contribution in [3.63, 3.8) is 0 Å². The van der Waals surface area contributed by atoms with Crippen LogP contribution in [0.25, 0.3) is 0 Å². The van der Waals surface area contributed by atoms with Gasteiger partial charge >= 0.3 is 0 Å². The average molecular weight is 172 g/mol. The molecule has 0 aromatic heterocycles. The maximum absolute atomic E-state index is 5.60. The third-order valence-electron chi connectivity index (χ3n) is 3.07. The second-order valence-electron chi connectivity index (χ2n) is 4.50. The molecule has 1 unspecified atom stereocenters. The number of nitrogens with two attached hydrogens (primary N) is 1. The summed E-state index contributed by atoms with van der Waals surface area (Å²) in [6.07, 6.45) is 1.15. The lowest BCUT2D eigenvalue weighted by Crippen LogP contribution is -2.61. The van der Waals surface area contributed by atoms with E-state index < -0.39 is 0 Å². The number of quaternary nitrogens is 1. The van der Waals surface area contributed by atoms with Crippen molar-refractivity contribution in [3.05, 3.63) is 0 Å². The van der Waals surface area contributed by atoms with Gasteiger partial charge < -0.3 is 10.2 Å². The smallest absolute Gasteiger partial charge is 0.103 e. The fourth-order valence-corrected chi connectivity index (χ4v) is 1.92. The van der Waals surface area contributed by atoms with Gasteiger partial charge in [-0.2, -0.15) is 0 Å². The first-order valence-corrected chi connectivity index (χ1v) is 4.77. The molecule has 1 saturated heterocycles. The molecule has 3 nitrogen and oxygen atoms in total. The van der Waals surface area contributed by atoms with Gasteiger partial charge in [-0.15, -0.1) is 0 Å². The molecule has 0 bridgehead atoms. The lowest BCUT2D eigenvalue weighted by atomic mass is 10.1. The topological polar surface area (TPSA) is 29.3 Å². The number of piperazine rings is 1. The van der Waals surface area contributed by atoms with Crippen molar-refractivity contribution in [1.82, 2.24) is 4.90 Å². The molecule has 0 amide bonds. The third kappa shape index (κ3) is 2.19. The van der Waals surface area contributed by atoms with E-state index in [1.54, 1.807) is 0 Å². The molecule has 0 aromatic rings. The van der Waals surface area contributed by atoms with E-state index >= 15 is 0 Å². The van der Waals surface area contributed by atoms with Crippen molar-refractivity contribution >= 4 is 0 Å². The summed E-state index contributed by atoms with van der Waals surface area (Å²) < 4.78 is 1.14. The second-order valence-corrected chi connectivity index (χ2v) is 4.50. The van der Waals surface area contributed by atoms with E-state index in [0.717, 1.165) is 23.5 Å². The molecule has 2 N–H and O–H groups in total. The predicted octanol–water partition coefficient (Wildman–Crippen LogP) is -0.274. The van der Waals surface area contributed by atoms with Crippen LogP contribution < -0.4 is 5.73 Å². The molecule has 0 aliphatic carbocycles. The maximum atomic E-state index is 5.60. The van der Waals surface area contributed by atoms with Crippen LogP contribution in [-0.4, -0.2) is 62.7 Å². The van der Waals surface area contributed by atoms with E-state index in [-0.39, 0.29) is 0 Å². The van der Waals surface area contributed by atoms with E-state index in [1.165, 1.54) is 19.6 Å². The standard InChI is InChI=1S/C9H22N3/c1-11-6-7-12(2,3)9(8-11)4-5-10/h9H,4-8,10H2,1-3H3/q+1. The van der Waals surface area contributed by atoms with Gasteiger partial charge in [0, 0.05) is 13.0 Å². The highest BCUT2D eigenvalue weighted by atomic mass is 15.4. The Balaban J connectivity index is 2.52. The Hall–Kier alpha value is -0.120. The monoisotopic (exact) mass is 172 g/mol. The van der Waals surface area contributed by atoms with Crippen LogP contribution in [0.5, 0.6) is 0 Å². The van der Waals surface area contributed by atoms with Crippen LogP contribution in [-0.2, 0) is 0 Å². The first kappa shape index (κ1) is 9.96. The highest BCUT2D eigenvalue weighted by molar-refractivity contribution is 4.69. The number of hydrogen-bond donors (Lipinski definition) is 1. The molecule has 1 rings (SSSR count). The average Bonchev–Trinajstić information content (AvgIpc) is 1.98. The Morgan fingerprint density at radius 2 is 2.17 bits per heavy atom. The number of hydrogen-bond acceptors (Lipinski definition) is 2. The minimum absolute atomic E-state index is 0.730. The highest BCUT2D eigenvalue weighted by Gasteiger charge is 2.32. The van der Waals surface area contributed by atoms with Crippen LogP contribution >= 0.6 is 0 Å². The molecule has 1 fully saturated rings. The molecular weight excluding hydrogens is 150 g/mol. The Kier molecular flexibility index (Phi) is 3.09. The summed E-state index contributed by atoms with van der Waals surface area (Å²) in [5.74, 6) is 0. The van der Waals surface area contributed by atoms with Crippen LogP contribution in [0.2, 0.25) is 0 Å². The van der Waals surface area contributed by atoms with Crippen molar-refractivity contribution in [2.75, 3.05) is 47.3 Å². The number of likely N-dealkylation sites (N-methyl/N-ethyl adjacent to an activating group) is 2. The van der Waals surface area contributed by atoms with Gasteiger partial charge in [-0.3, -0.25) is 4.90 Å². The molecule has 12 heavy (non-hydrogen) atoms. The molecule has 0 spiro atoms. The summed E-state index contributed by atoms with van der Waals surface area (Å²) in [4.78, 5) is 2.41. The van der Waals surface area contributed by atoms with Crippen LogP contribution in [0.3, 0.4) is 0 Å². The minimum Gasteiger partial charge on any atom is -0.330 e. The van der Waals surface area contributed by atoms with E-state index in [2.05, 4.69) is 26.0 Å². The number of rotatable bonds is 2. The summed E-state index contributed by atoms with van der Waals surface area (Å²) in [6, 6.07) is 0.730. The molecule has 3 heteroatoms. The van der Waals surface area contributed by atoms with Gasteiger partial charge in [0.1, 0.15) is 6.04 Å². The zero-order valence-corrected chi connectivity index (χ0v) is 8.58. The van der Waals surface area contributed by atoms with E-state index in [9.17, 15) is 0 Å². The fourth-order valence-electron chi connectivity index (χ4n) is 1.92. The lowest BCUT2D eigenvalue weighted by molar-refractivity contribution is -0.919. The molecule has 0 aromatic carbocycles. The Morgan fingerprint density at radius 3 is 2.75 bits per heavy atom. The first-order valence-electron chi connectivity index (χ1n) is 4.77. The molecule has 1 aliphatic rings. The van der Waals surface area contributed by atoms with Gasteiger partial charge in [-0.25, -0.2) is 0 Å². The van der Waals surface area contributed by atoms with Gasteiger partial charge in [0.25, 0.3) is 0 Å². The van der Waals surface area contributed by atoms with Gasteiger partial charge in [0.05, 0.1) is 27.2 Å². The molecule has 0 radical (unpaired) electrons. The van der Waals surface area contributed by atoms with Crippen molar-refractivity contribution in [1.29, 1.82) is 0 Å². The van der Waals surface area contributed by atoms with E-state index in [4.69, 9.17) is 5.73 Å². The molecule has 1 heterocycles. The highest BCUT2D eigenvalue weighted by Crippen LogP contribution is 2.15. The minimum atomic E-state index is 0.730. The molecule has 72 valence electrons. The third-order valence-corrected chi connectivity index (χ3v) is 3.07. The van der Waals surface area contributed by atoms with Crippen molar-refractivity contribution in [2.45, 2.75) is 12.5 Å². The lowest BCUT2D eigenvalue weighted by Gasteiger charge is -2.44. The molecular formula is C9H22N3+. The summed E-state index contributed by atoms with van der Waals surface area (Å²) in [6.45, 7) is 4.49. The van der Waals surface area contributed by atoms with Crippen LogP contribution in [0.1, 0.15) is 6.42 Å². The van der Waals surface area contributed by atoms with E-state index in [1.807, 2.05) is 0 Å². The zero-order chi connectivity index (χ0) is 9.19. The normalized spacial score (nSPS) is 30.5.